The minimum absolute atomic E-state index is 0.279. The molecule has 1 aromatic carbocycles. The molecule has 1 fully saturated rings. The van der Waals surface area contributed by atoms with Crippen LogP contribution < -0.4 is 5.32 Å². The van der Waals surface area contributed by atoms with Gasteiger partial charge in [-0.15, -0.1) is 0 Å². The molecule has 0 heterocycles. The van der Waals surface area contributed by atoms with Crippen molar-refractivity contribution in [1.82, 2.24) is 0 Å². The quantitative estimate of drug-likeness (QED) is 0.640. The normalized spacial score (nSPS) is 13.8. The number of rotatable bonds is 5. The first-order chi connectivity index (χ1) is 8.69. The minimum atomic E-state index is -0.316. The Morgan fingerprint density at radius 3 is 2.56 bits per heavy atom. The smallest absolute Gasteiger partial charge is 0.338 e. The Hall–Kier alpha value is -2.10. The molecule has 4 heteroatoms. The third-order valence-electron chi connectivity index (χ3n) is 2.72. The van der Waals surface area contributed by atoms with Gasteiger partial charge in [0, 0.05) is 5.69 Å². The second-order valence-corrected chi connectivity index (χ2v) is 4.31. The van der Waals surface area contributed by atoms with E-state index in [9.17, 15) is 9.59 Å². The van der Waals surface area contributed by atoms with Gasteiger partial charge in [0.2, 0.25) is 5.91 Å². The Bertz CT molecular complexity index is 460. The van der Waals surface area contributed by atoms with Crippen LogP contribution in [-0.4, -0.2) is 18.5 Å². The lowest BCUT2D eigenvalue weighted by atomic mass is 10.2. The van der Waals surface area contributed by atoms with Gasteiger partial charge in [-0.05, 0) is 49.1 Å². The Morgan fingerprint density at radius 1 is 1.33 bits per heavy atom. The van der Waals surface area contributed by atoms with Crippen molar-refractivity contribution >= 4 is 17.6 Å². The number of hydrogen-bond donors (Lipinski definition) is 1. The van der Waals surface area contributed by atoms with E-state index in [0.717, 1.165) is 12.8 Å². The van der Waals surface area contributed by atoms with Gasteiger partial charge in [-0.2, -0.15) is 0 Å². The van der Waals surface area contributed by atoms with E-state index in [1.54, 1.807) is 24.3 Å². The summed E-state index contributed by atoms with van der Waals surface area (Å²) >= 11 is 0. The molecule has 1 saturated carbocycles. The molecule has 1 aliphatic carbocycles. The van der Waals surface area contributed by atoms with Gasteiger partial charge >= 0.3 is 5.97 Å². The van der Waals surface area contributed by atoms with Gasteiger partial charge in [0.15, 0.2) is 0 Å². The number of carbonyl (C=O) groups is 2. The summed E-state index contributed by atoms with van der Waals surface area (Å²) in [6, 6.07) is 6.59. The molecule has 1 aliphatic rings. The number of anilines is 1. The van der Waals surface area contributed by atoms with Crippen molar-refractivity contribution in [3.8, 4) is 0 Å². The first-order valence-electron chi connectivity index (χ1n) is 5.89. The Morgan fingerprint density at radius 2 is 2.00 bits per heavy atom. The summed E-state index contributed by atoms with van der Waals surface area (Å²) in [6.45, 7) is 3.87. The highest BCUT2D eigenvalue weighted by Gasteiger charge is 2.23. The maximum atomic E-state index is 11.6. The molecule has 0 bridgehead atoms. The first-order valence-corrected chi connectivity index (χ1v) is 5.89. The fraction of sp³-hybridized carbons (Fsp3) is 0.286. The summed E-state index contributed by atoms with van der Waals surface area (Å²) in [4.78, 5) is 22.7. The van der Waals surface area contributed by atoms with Crippen molar-refractivity contribution in [2.24, 2.45) is 5.92 Å². The third-order valence-corrected chi connectivity index (χ3v) is 2.72. The average molecular weight is 245 g/mol. The van der Waals surface area contributed by atoms with E-state index in [0.29, 0.717) is 23.8 Å². The molecule has 0 aromatic heterocycles. The summed E-state index contributed by atoms with van der Waals surface area (Å²) in [5.41, 5.74) is 1.12. The van der Waals surface area contributed by atoms with Crippen LogP contribution in [-0.2, 0) is 9.53 Å². The van der Waals surface area contributed by atoms with Crippen molar-refractivity contribution in [2.45, 2.75) is 12.8 Å². The predicted molar refractivity (Wildman–Crippen MR) is 68.3 cm³/mol. The summed E-state index contributed by atoms with van der Waals surface area (Å²) in [7, 11) is 0. The first kappa shape index (κ1) is 12.4. The average Bonchev–Trinajstić information content (AvgIpc) is 3.20. The van der Waals surface area contributed by atoms with E-state index in [1.807, 2.05) is 0 Å². The van der Waals surface area contributed by atoms with Gasteiger partial charge in [-0.1, -0.05) is 6.58 Å². The minimum Gasteiger partial charge on any atom is -0.462 e. The van der Waals surface area contributed by atoms with Crippen LogP contribution >= 0.6 is 0 Å². The van der Waals surface area contributed by atoms with E-state index in [4.69, 9.17) is 4.74 Å². The zero-order valence-electron chi connectivity index (χ0n) is 10.0. The zero-order valence-corrected chi connectivity index (χ0v) is 10.0. The topological polar surface area (TPSA) is 55.4 Å². The van der Waals surface area contributed by atoms with Gasteiger partial charge in [0.05, 0.1) is 12.2 Å². The molecule has 0 spiro atoms. The molecule has 18 heavy (non-hydrogen) atoms. The molecular formula is C14H15NO3. The third kappa shape index (κ3) is 3.45. The van der Waals surface area contributed by atoms with Gasteiger partial charge in [0.1, 0.15) is 0 Å². The molecule has 1 aromatic rings. The molecule has 94 valence electrons. The summed E-state index contributed by atoms with van der Waals surface area (Å²) in [6.07, 6.45) is 3.50. The lowest BCUT2D eigenvalue weighted by Crippen LogP contribution is -2.09. The molecule has 4 nitrogen and oxygen atoms in total. The zero-order chi connectivity index (χ0) is 13.0. The Kier molecular flexibility index (Phi) is 3.77. The van der Waals surface area contributed by atoms with Crippen molar-refractivity contribution in [1.29, 1.82) is 0 Å². The number of amides is 1. The van der Waals surface area contributed by atoms with Crippen LogP contribution in [0.1, 0.15) is 23.2 Å². The number of nitrogens with one attached hydrogen (secondary N) is 1. The van der Waals surface area contributed by atoms with Crippen molar-refractivity contribution < 1.29 is 14.3 Å². The molecule has 1 N–H and O–H groups in total. The van der Waals surface area contributed by atoms with Gasteiger partial charge in [-0.3, -0.25) is 4.79 Å². The van der Waals surface area contributed by atoms with Crippen LogP contribution in [0.3, 0.4) is 0 Å². The van der Waals surface area contributed by atoms with Crippen LogP contribution in [0.15, 0.2) is 36.9 Å². The van der Waals surface area contributed by atoms with Crippen molar-refractivity contribution in [3.05, 3.63) is 42.5 Å². The molecular weight excluding hydrogens is 230 g/mol. The molecule has 1 amide bonds. The van der Waals surface area contributed by atoms with Crippen molar-refractivity contribution in [3.63, 3.8) is 0 Å². The fourth-order valence-corrected chi connectivity index (χ4v) is 1.44. The van der Waals surface area contributed by atoms with Crippen LogP contribution in [0.2, 0.25) is 0 Å². The highest BCUT2D eigenvalue weighted by molar-refractivity contribution is 5.99. The van der Waals surface area contributed by atoms with Gasteiger partial charge in [0.25, 0.3) is 0 Å². The van der Waals surface area contributed by atoms with E-state index < -0.39 is 0 Å². The summed E-state index contributed by atoms with van der Waals surface area (Å²) < 4.78 is 5.15. The lowest BCUT2D eigenvalue weighted by Gasteiger charge is -2.05. The van der Waals surface area contributed by atoms with Gasteiger partial charge < -0.3 is 10.1 Å². The van der Waals surface area contributed by atoms with Crippen LogP contribution in [0.4, 0.5) is 5.69 Å². The molecule has 0 aliphatic heterocycles. The number of hydrogen-bond acceptors (Lipinski definition) is 3. The largest absolute Gasteiger partial charge is 0.462 e. The van der Waals surface area contributed by atoms with E-state index in [-0.39, 0.29) is 11.9 Å². The molecule has 0 atom stereocenters. The van der Waals surface area contributed by atoms with E-state index in [2.05, 4.69) is 11.9 Å². The maximum Gasteiger partial charge on any atom is 0.338 e. The highest BCUT2D eigenvalue weighted by atomic mass is 16.5. The second-order valence-electron chi connectivity index (χ2n) is 4.31. The lowest BCUT2D eigenvalue weighted by molar-refractivity contribution is -0.111. The van der Waals surface area contributed by atoms with Crippen LogP contribution in [0.5, 0.6) is 0 Å². The SMILES string of the molecule is C=CC(=O)Nc1ccc(C(=O)OCC2CC2)cc1. The Balaban J connectivity index is 1.91. The number of ether oxygens (including phenoxy) is 1. The van der Waals surface area contributed by atoms with Crippen LogP contribution in [0.25, 0.3) is 0 Å². The fourth-order valence-electron chi connectivity index (χ4n) is 1.44. The number of benzene rings is 1. The van der Waals surface area contributed by atoms with Crippen LogP contribution in [0, 0.1) is 5.92 Å². The number of esters is 1. The van der Waals surface area contributed by atoms with Crippen molar-refractivity contribution in [2.75, 3.05) is 11.9 Å². The standard InChI is InChI=1S/C14H15NO3/c1-2-13(16)15-12-7-5-11(6-8-12)14(17)18-9-10-3-4-10/h2,5-8,10H,1,3-4,9H2,(H,15,16). The second kappa shape index (κ2) is 5.49. The number of carbonyl (C=O) groups excluding carboxylic acids is 2. The maximum absolute atomic E-state index is 11.6. The Labute approximate surface area is 106 Å². The molecule has 0 saturated heterocycles. The predicted octanol–water partition coefficient (Wildman–Crippen LogP) is 2.38. The highest BCUT2D eigenvalue weighted by Crippen LogP contribution is 2.29. The van der Waals surface area contributed by atoms with Gasteiger partial charge in [-0.25, -0.2) is 4.79 Å². The summed E-state index contributed by atoms with van der Waals surface area (Å²) in [5, 5.41) is 2.61. The van der Waals surface area contributed by atoms with E-state index in [1.165, 1.54) is 6.08 Å². The van der Waals surface area contributed by atoms with E-state index >= 15 is 0 Å². The molecule has 2 rings (SSSR count). The molecule has 0 unspecified atom stereocenters. The monoisotopic (exact) mass is 245 g/mol. The molecule has 0 radical (unpaired) electrons. The summed E-state index contributed by atoms with van der Waals surface area (Å²) in [5.74, 6) is -0.0392.